The SMILES string of the molecule is C#COC1CCC(C(=O)NC2CCC(C3CCC(NOCC4CCC(OCCOC5CCCCC5)CC4C(=O)O)C(Cl)C3)CC2Cl)C(C(=O)O)C1. The standard InChI is InChI=1S/C38H58Cl2N2O9/c1-2-48-27-12-13-29(31(21-27)38(46)47)36(43)41-34-14-9-23(18-32(34)39)24-10-15-35(33(40)19-24)42-51-22-25-8-11-28(20-30(25)37(44)45)50-17-16-49-26-6-4-3-5-7-26/h1,23-35,42H,3-22H2,(H,41,43)(H,44,45)(H,46,47). The van der Waals surface area contributed by atoms with Gasteiger partial charge >= 0.3 is 11.9 Å². The summed E-state index contributed by atoms with van der Waals surface area (Å²) in [6, 6.07) is -0.236. The molecule has 288 valence electrons. The first-order valence-corrected chi connectivity index (χ1v) is 20.3. The third-order valence-electron chi connectivity index (χ3n) is 12.4. The molecule has 5 aliphatic carbocycles. The number of carbonyl (C=O) groups is 3. The molecule has 1 amide bonds. The van der Waals surface area contributed by atoms with Crippen molar-refractivity contribution in [3.05, 3.63) is 0 Å². The largest absolute Gasteiger partial charge is 0.481 e. The molecule has 0 bridgehead atoms. The van der Waals surface area contributed by atoms with Crippen molar-refractivity contribution in [2.75, 3.05) is 19.8 Å². The maximum atomic E-state index is 13.2. The summed E-state index contributed by atoms with van der Waals surface area (Å²) in [5, 5.41) is 22.4. The number of rotatable bonds is 15. The van der Waals surface area contributed by atoms with Crippen LogP contribution in [0, 0.1) is 48.0 Å². The quantitative estimate of drug-likeness (QED) is 0.0689. The predicted molar refractivity (Wildman–Crippen MR) is 192 cm³/mol. The Bertz CT molecular complexity index is 1180. The Morgan fingerprint density at radius 3 is 1.90 bits per heavy atom. The average Bonchev–Trinajstić information content (AvgIpc) is 3.12. The van der Waals surface area contributed by atoms with Crippen LogP contribution in [0.4, 0.5) is 0 Å². The lowest BCUT2D eigenvalue weighted by Gasteiger charge is -2.42. The van der Waals surface area contributed by atoms with E-state index in [9.17, 15) is 24.6 Å². The fraction of sp³-hybridized carbons (Fsp3) is 0.868. The van der Waals surface area contributed by atoms with E-state index in [1.807, 2.05) is 0 Å². The number of ether oxygens (including phenoxy) is 3. The van der Waals surface area contributed by atoms with Crippen LogP contribution in [0.15, 0.2) is 0 Å². The fourth-order valence-electron chi connectivity index (χ4n) is 9.43. The molecule has 0 radical (unpaired) electrons. The van der Waals surface area contributed by atoms with Gasteiger partial charge < -0.3 is 34.6 Å². The number of carboxylic acid groups (broad SMARTS) is 2. The van der Waals surface area contributed by atoms with Gasteiger partial charge in [-0.1, -0.05) is 25.7 Å². The molecule has 51 heavy (non-hydrogen) atoms. The van der Waals surface area contributed by atoms with E-state index in [4.69, 9.17) is 48.7 Å². The number of terminal acetylenes is 1. The molecule has 0 aromatic carbocycles. The van der Waals surface area contributed by atoms with E-state index >= 15 is 0 Å². The van der Waals surface area contributed by atoms with Crippen LogP contribution in [0.2, 0.25) is 0 Å². The summed E-state index contributed by atoms with van der Waals surface area (Å²) in [4.78, 5) is 43.2. The van der Waals surface area contributed by atoms with Crippen LogP contribution in [0.3, 0.4) is 0 Å². The molecule has 5 aliphatic rings. The first-order chi connectivity index (χ1) is 24.6. The highest BCUT2D eigenvalue weighted by Gasteiger charge is 2.43. The van der Waals surface area contributed by atoms with E-state index in [0.29, 0.717) is 57.0 Å². The predicted octanol–water partition coefficient (Wildman–Crippen LogP) is 5.89. The highest BCUT2D eigenvalue weighted by molar-refractivity contribution is 6.21. The van der Waals surface area contributed by atoms with Gasteiger partial charge in [0.15, 0.2) is 0 Å². The molecule has 5 fully saturated rings. The van der Waals surface area contributed by atoms with Gasteiger partial charge in [0.1, 0.15) is 12.2 Å². The van der Waals surface area contributed by atoms with Crippen molar-refractivity contribution >= 4 is 41.0 Å². The minimum absolute atomic E-state index is 0.0271. The van der Waals surface area contributed by atoms with Crippen molar-refractivity contribution in [3.63, 3.8) is 0 Å². The molecule has 0 saturated heterocycles. The molecule has 0 aromatic heterocycles. The van der Waals surface area contributed by atoms with Gasteiger partial charge in [0.2, 0.25) is 5.91 Å². The highest BCUT2D eigenvalue weighted by Crippen LogP contribution is 2.42. The monoisotopic (exact) mass is 756 g/mol. The van der Waals surface area contributed by atoms with Gasteiger partial charge in [-0.3, -0.25) is 14.4 Å². The van der Waals surface area contributed by atoms with E-state index < -0.39 is 29.7 Å². The van der Waals surface area contributed by atoms with Gasteiger partial charge in [-0.2, -0.15) is 5.48 Å². The molecular formula is C38H58Cl2N2O9. The van der Waals surface area contributed by atoms with Crippen molar-refractivity contribution in [3.8, 4) is 12.5 Å². The second-order valence-electron chi connectivity index (χ2n) is 15.7. The Hall–Kier alpha value is -1.81. The molecule has 12 atom stereocenters. The Kier molecular flexibility index (Phi) is 15.9. The van der Waals surface area contributed by atoms with Crippen LogP contribution in [-0.2, 0) is 33.4 Å². The zero-order valence-corrected chi connectivity index (χ0v) is 31.2. The summed E-state index contributed by atoms with van der Waals surface area (Å²) in [5.74, 6) is -3.37. The molecule has 5 rings (SSSR count). The summed E-state index contributed by atoms with van der Waals surface area (Å²) in [7, 11) is 0. The number of alkyl halides is 2. The number of carbonyl (C=O) groups excluding carboxylic acids is 1. The second kappa shape index (κ2) is 20.0. The molecule has 0 aromatic rings. The number of hydrogen-bond acceptors (Lipinski definition) is 8. The van der Waals surface area contributed by atoms with Crippen LogP contribution in [0.5, 0.6) is 0 Å². The lowest BCUT2D eigenvalue weighted by Crippen LogP contribution is -2.51. The molecule has 0 aliphatic heterocycles. The Morgan fingerprint density at radius 2 is 1.27 bits per heavy atom. The van der Waals surface area contributed by atoms with Crippen LogP contribution in [0.1, 0.15) is 109 Å². The van der Waals surface area contributed by atoms with E-state index in [0.717, 1.165) is 64.2 Å². The number of carboxylic acids is 2. The minimum atomic E-state index is -1.01. The van der Waals surface area contributed by atoms with Gasteiger partial charge in [-0.05, 0) is 108 Å². The van der Waals surface area contributed by atoms with Gasteiger partial charge in [0, 0.05) is 12.1 Å². The lowest BCUT2D eigenvalue weighted by atomic mass is 9.71. The fourth-order valence-corrected chi connectivity index (χ4v) is 10.3. The minimum Gasteiger partial charge on any atom is -0.481 e. The smallest absolute Gasteiger partial charge is 0.307 e. The summed E-state index contributed by atoms with van der Waals surface area (Å²) >= 11 is 13.8. The molecule has 4 N–H and O–H groups in total. The number of halogens is 2. The maximum Gasteiger partial charge on any atom is 0.307 e. The summed E-state index contributed by atoms with van der Waals surface area (Å²) in [6.07, 6.45) is 21.5. The van der Waals surface area contributed by atoms with Crippen LogP contribution >= 0.6 is 23.2 Å². The Labute approximate surface area is 312 Å². The van der Waals surface area contributed by atoms with Crippen molar-refractivity contribution in [1.29, 1.82) is 0 Å². The molecule has 12 unspecified atom stereocenters. The van der Waals surface area contributed by atoms with E-state index in [-0.39, 0.29) is 53.3 Å². The normalized spacial score (nSPS) is 37.9. The van der Waals surface area contributed by atoms with Gasteiger partial charge in [0.05, 0.1) is 60.5 Å². The molecule has 0 heterocycles. The molecular weight excluding hydrogens is 699 g/mol. The zero-order valence-electron chi connectivity index (χ0n) is 29.7. The van der Waals surface area contributed by atoms with Crippen LogP contribution in [-0.4, -0.2) is 89.0 Å². The third-order valence-corrected chi connectivity index (χ3v) is 13.4. The zero-order chi connectivity index (χ0) is 36.3. The van der Waals surface area contributed by atoms with Crippen LogP contribution < -0.4 is 10.8 Å². The molecule has 5 saturated carbocycles. The maximum absolute atomic E-state index is 13.2. The van der Waals surface area contributed by atoms with Gasteiger partial charge in [-0.15, -0.1) is 23.2 Å². The van der Waals surface area contributed by atoms with Crippen LogP contribution in [0.25, 0.3) is 0 Å². The number of nitrogens with one attached hydrogen (secondary N) is 2. The van der Waals surface area contributed by atoms with Gasteiger partial charge in [-0.25, -0.2) is 0 Å². The number of amides is 1. The lowest BCUT2D eigenvalue weighted by molar-refractivity contribution is -0.151. The third kappa shape index (κ3) is 11.6. The number of hydrogen-bond donors (Lipinski definition) is 4. The Balaban J connectivity index is 0.984. The molecule has 0 spiro atoms. The van der Waals surface area contributed by atoms with Gasteiger partial charge in [0.25, 0.3) is 0 Å². The Morgan fingerprint density at radius 1 is 0.667 bits per heavy atom. The second-order valence-corrected chi connectivity index (χ2v) is 16.8. The van der Waals surface area contributed by atoms with E-state index in [1.165, 1.54) is 19.3 Å². The van der Waals surface area contributed by atoms with E-state index in [2.05, 4.69) is 16.9 Å². The first kappa shape index (κ1) is 40.4. The van der Waals surface area contributed by atoms with Crippen molar-refractivity contribution in [2.24, 2.45) is 35.5 Å². The van der Waals surface area contributed by atoms with Crippen molar-refractivity contribution in [1.82, 2.24) is 10.8 Å². The summed E-state index contributed by atoms with van der Waals surface area (Å²) in [5.41, 5.74) is 3.17. The average molecular weight is 758 g/mol. The number of hydroxylamine groups is 1. The molecule has 13 heteroatoms. The highest BCUT2D eigenvalue weighted by atomic mass is 35.5. The van der Waals surface area contributed by atoms with Crippen molar-refractivity contribution in [2.45, 2.75) is 150 Å². The summed E-state index contributed by atoms with van der Waals surface area (Å²) < 4.78 is 17.2. The van der Waals surface area contributed by atoms with Crippen molar-refractivity contribution < 1.29 is 43.6 Å². The summed E-state index contributed by atoms with van der Waals surface area (Å²) in [6.45, 7) is 1.38. The topological polar surface area (TPSA) is 153 Å². The van der Waals surface area contributed by atoms with E-state index in [1.54, 1.807) is 0 Å². The first-order valence-electron chi connectivity index (χ1n) is 19.4. The number of aliphatic carboxylic acids is 2. The molecule has 11 nitrogen and oxygen atoms in total.